The van der Waals surface area contributed by atoms with E-state index in [-0.39, 0.29) is 0 Å². The molecule has 1 heterocycles. The van der Waals surface area contributed by atoms with Crippen molar-refractivity contribution in [1.82, 2.24) is 4.98 Å². The third-order valence-electron chi connectivity index (χ3n) is 3.74. The summed E-state index contributed by atoms with van der Waals surface area (Å²) < 4.78 is 0. The Bertz CT molecular complexity index is 350. The first kappa shape index (κ1) is 9.01. The smallest absolute Gasteiger partial charge is 0.126 e. The number of aromatic nitrogens is 1. The Morgan fingerprint density at radius 2 is 2.20 bits per heavy atom. The summed E-state index contributed by atoms with van der Waals surface area (Å²) in [6, 6.07) is 3.85. The van der Waals surface area contributed by atoms with Crippen LogP contribution in [0.1, 0.15) is 25.7 Å². The molecule has 0 bridgehead atoms. The van der Waals surface area contributed by atoms with Crippen molar-refractivity contribution in [3.63, 3.8) is 0 Å². The molecule has 2 aliphatic carbocycles. The largest absolute Gasteiger partial charge is 0.397 e. The minimum absolute atomic E-state index is 0.628. The summed E-state index contributed by atoms with van der Waals surface area (Å²) in [5, 5.41) is 3.43. The van der Waals surface area contributed by atoms with Gasteiger partial charge in [0.05, 0.1) is 11.9 Å². The lowest BCUT2D eigenvalue weighted by Gasteiger charge is -2.15. The van der Waals surface area contributed by atoms with Crippen LogP contribution in [-0.4, -0.2) is 11.5 Å². The minimum Gasteiger partial charge on any atom is -0.397 e. The van der Waals surface area contributed by atoms with E-state index >= 15 is 0 Å². The zero-order valence-electron chi connectivity index (χ0n) is 8.87. The van der Waals surface area contributed by atoms with Gasteiger partial charge in [0.25, 0.3) is 0 Å². The number of hydrogen-bond donors (Lipinski definition) is 2. The van der Waals surface area contributed by atoms with Crippen molar-refractivity contribution in [3.8, 4) is 0 Å². The Kier molecular flexibility index (Phi) is 1.87. The van der Waals surface area contributed by atoms with E-state index in [1.165, 1.54) is 25.7 Å². The Hall–Kier alpha value is -1.25. The third kappa shape index (κ3) is 1.78. The Balaban J connectivity index is 1.59. The van der Waals surface area contributed by atoms with Crippen molar-refractivity contribution in [1.29, 1.82) is 0 Å². The van der Waals surface area contributed by atoms with Crippen LogP contribution < -0.4 is 11.1 Å². The summed E-state index contributed by atoms with van der Waals surface area (Å²) in [6.07, 6.45) is 7.39. The average Bonchev–Trinajstić information content (AvgIpc) is 3.10. The van der Waals surface area contributed by atoms with Crippen LogP contribution in [0.3, 0.4) is 0 Å². The van der Waals surface area contributed by atoms with E-state index in [1.54, 1.807) is 6.20 Å². The molecule has 15 heavy (non-hydrogen) atoms. The molecule has 3 heteroatoms. The Morgan fingerprint density at radius 3 is 2.73 bits per heavy atom. The predicted molar refractivity (Wildman–Crippen MR) is 61.5 cm³/mol. The van der Waals surface area contributed by atoms with Gasteiger partial charge in [0.1, 0.15) is 5.82 Å². The maximum absolute atomic E-state index is 5.59. The second-order valence-corrected chi connectivity index (χ2v) is 4.97. The lowest BCUT2D eigenvalue weighted by molar-refractivity contribution is 0.466. The molecule has 3 rings (SSSR count). The lowest BCUT2D eigenvalue weighted by atomic mass is 10.0. The zero-order valence-corrected chi connectivity index (χ0v) is 8.87. The molecule has 0 aliphatic heterocycles. The first-order chi connectivity index (χ1) is 7.28. The summed E-state index contributed by atoms with van der Waals surface area (Å²) >= 11 is 0. The van der Waals surface area contributed by atoms with Crippen LogP contribution in [0.15, 0.2) is 18.3 Å². The van der Waals surface area contributed by atoms with Gasteiger partial charge in [-0.25, -0.2) is 4.98 Å². The first-order valence-electron chi connectivity index (χ1n) is 5.74. The van der Waals surface area contributed by atoms with Gasteiger partial charge >= 0.3 is 0 Å². The van der Waals surface area contributed by atoms with Crippen molar-refractivity contribution < 1.29 is 0 Å². The number of nitrogens with one attached hydrogen (secondary N) is 1. The monoisotopic (exact) mass is 203 g/mol. The molecule has 0 saturated heterocycles. The molecule has 2 fully saturated rings. The molecule has 0 spiro atoms. The molecule has 80 valence electrons. The van der Waals surface area contributed by atoms with Crippen molar-refractivity contribution in [3.05, 3.63) is 18.3 Å². The van der Waals surface area contributed by atoms with Gasteiger partial charge in [0.15, 0.2) is 0 Å². The number of pyridine rings is 1. The maximum atomic E-state index is 5.59. The van der Waals surface area contributed by atoms with Crippen molar-refractivity contribution in [2.75, 3.05) is 17.6 Å². The molecule has 0 amide bonds. The van der Waals surface area contributed by atoms with E-state index in [2.05, 4.69) is 10.3 Å². The molecule has 2 saturated carbocycles. The van der Waals surface area contributed by atoms with Crippen molar-refractivity contribution >= 4 is 11.5 Å². The van der Waals surface area contributed by atoms with Gasteiger partial charge in [-0.2, -0.15) is 0 Å². The highest BCUT2D eigenvalue weighted by atomic mass is 15.0. The van der Waals surface area contributed by atoms with E-state index in [9.17, 15) is 0 Å². The van der Waals surface area contributed by atoms with E-state index in [0.29, 0.717) is 5.41 Å². The number of nitrogen functional groups attached to an aromatic ring is 1. The molecule has 3 N–H and O–H groups in total. The SMILES string of the molecule is Nc1ccc(NCC2(C3CC3)CC2)nc1. The molecule has 3 nitrogen and oxygen atoms in total. The van der Waals surface area contributed by atoms with Crippen LogP contribution in [0.4, 0.5) is 11.5 Å². The number of nitrogens with two attached hydrogens (primary N) is 1. The molecule has 2 aliphatic rings. The number of anilines is 2. The van der Waals surface area contributed by atoms with E-state index in [0.717, 1.165) is 24.0 Å². The van der Waals surface area contributed by atoms with Gasteiger partial charge in [0.2, 0.25) is 0 Å². The summed E-state index contributed by atoms with van der Waals surface area (Å²) in [5.41, 5.74) is 6.94. The van der Waals surface area contributed by atoms with Crippen LogP contribution in [0.2, 0.25) is 0 Å². The van der Waals surface area contributed by atoms with Crippen LogP contribution >= 0.6 is 0 Å². The highest BCUT2D eigenvalue weighted by Crippen LogP contribution is 2.61. The average molecular weight is 203 g/mol. The molecular weight excluding hydrogens is 186 g/mol. The standard InChI is InChI=1S/C12H17N3/c13-10-3-4-11(14-7-10)15-8-12(5-6-12)9-1-2-9/h3-4,7,9H,1-2,5-6,8,13H2,(H,14,15). The molecule has 0 unspecified atom stereocenters. The molecule has 1 aromatic heterocycles. The quantitative estimate of drug-likeness (QED) is 0.789. The van der Waals surface area contributed by atoms with Gasteiger partial charge in [0, 0.05) is 6.54 Å². The van der Waals surface area contributed by atoms with Gasteiger partial charge in [-0.3, -0.25) is 0 Å². The van der Waals surface area contributed by atoms with Gasteiger partial charge in [-0.05, 0) is 49.1 Å². The summed E-state index contributed by atoms with van der Waals surface area (Å²) in [6.45, 7) is 1.09. The topological polar surface area (TPSA) is 50.9 Å². The first-order valence-corrected chi connectivity index (χ1v) is 5.74. The lowest BCUT2D eigenvalue weighted by Crippen LogP contribution is -2.17. The second kappa shape index (κ2) is 3.12. The van der Waals surface area contributed by atoms with E-state index in [1.807, 2.05) is 12.1 Å². The fourth-order valence-corrected chi connectivity index (χ4v) is 2.36. The molecule has 0 aromatic carbocycles. The van der Waals surface area contributed by atoms with Gasteiger partial charge in [-0.1, -0.05) is 0 Å². The van der Waals surface area contributed by atoms with Crippen LogP contribution in [0.5, 0.6) is 0 Å². The van der Waals surface area contributed by atoms with Gasteiger partial charge in [-0.15, -0.1) is 0 Å². The van der Waals surface area contributed by atoms with Crippen LogP contribution in [0, 0.1) is 11.3 Å². The van der Waals surface area contributed by atoms with E-state index < -0.39 is 0 Å². The van der Waals surface area contributed by atoms with Crippen LogP contribution in [-0.2, 0) is 0 Å². The molecule has 1 aromatic rings. The van der Waals surface area contributed by atoms with Gasteiger partial charge < -0.3 is 11.1 Å². The fraction of sp³-hybridized carbons (Fsp3) is 0.583. The predicted octanol–water partition coefficient (Wildman–Crippen LogP) is 2.27. The Labute approximate surface area is 90.1 Å². The fourth-order valence-electron chi connectivity index (χ4n) is 2.36. The second-order valence-electron chi connectivity index (χ2n) is 4.97. The van der Waals surface area contributed by atoms with Crippen LogP contribution in [0.25, 0.3) is 0 Å². The highest BCUT2D eigenvalue weighted by Gasteiger charge is 2.53. The normalized spacial score (nSPS) is 22.4. The zero-order chi connectivity index (χ0) is 10.3. The van der Waals surface area contributed by atoms with Crippen molar-refractivity contribution in [2.45, 2.75) is 25.7 Å². The summed E-state index contributed by atoms with van der Waals surface area (Å²) in [7, 11) is 0. The molecule has 0 atom stereocenters. The summed E-state index contributed by atoms with van der Waals surface area (Å²) in [4.78, 5) is 4.25. The maximum Gasteiger partial charge on any atom is 0.126 e. The number of rotatable bonds is 4. The third-order valence-corrected chi connectivity index (χ3v) is 3.74. The Morgan fingerprint density at radius 1 is 1.40 bits per heavy atom. The van der Waals surface area contributed by atoms with Crippen molar-refractivity contribution in [2.24, 2.45) is 11.3 Å². The minimum atomic E-state index is 0.628. The summed E-state index contributed by atoms with van der Waals surface area (Å²) in [5.74, 6) is 1.95. The van der Waals surface area contributed by atoms with E-state index in [4.69, 9.17) is 5.73 Å². The molecule has 0 radical (unpaired) electrons. The molecular formula is C12H17N3. The highest BCUT2D eigenvalue weighted by molar-refractivity contribution is 5.44. The number of nitrogens with zero attached hydrogens (tertiary/aromatic N) is 1. The number of hydrogen-bond acceptors (Lipinski definition) is 3.